The smallest absolute Gasteiger partial charge is 0.327 e. The minimum atomic E-state index is -1.16. The maximum atomic E-state index is 12.5. The van der Waals surface area contributed by atoms with Crippen LogP contribution < -0.4 is 10.6 Å². The molecule has 0 bridgehead atoms. The van der Waals surface area contributed by atoms with Crippen LogP contribution in [0.25, 0.3) is 0 Å². The molecule has 1 aromatic rings. The van der Waals surface area contributed by atoms with E-state index in [1.165, 1.54) is 13.1 Å². The number of amides is 4. The van der Waals surface area contributed by atoms with Crippen molar-refractivity contribution in [3.8, 4) is 0 Å². The second kappa shape index (κ2) is 8.34. The Kier molecular flexibility index (Phi) is 6.37. The molecule has 1 aliphatic heterocycles. The molecule has 2 rings (SSSR count). The highest BCUT2D eigenvalue weighted by Crippen LogP contribution is 2.24. The number of aromatic nitrogens is 1. The molecule has 2 N–H and O–H groups in total. The van der Waals surface area contributed by atoms with Crippen LogP contribution >= 0.6 is 11.6 Å². The quantitative estimate of drug-likeness (QED) is 0.411. The molecular formula is C17H21ClN4O5. The Labute approximate surface area is 161 Å². The van der Waals surface area contributed by atoms with Gasteiger partial charge in [0.1, 0.15) is 12.1 Å². The van der Waals surface area contributed by atoms with Crippen molar-refractivity contribution >= 4 is 41.1 Å². The van der Waals surface area contributed by atoms with E-state index in [1.807, 2.05) is 0 Å². The zero-order valence-corrected chi connectivity index (χ0v) is 16.0. The van der Waals surface area contributed by atoms with E-state index in [0.29, 0.717) is 12.8 Å². The lowest BCUT2D eigenvalue weighted by Crippen LogP contribution is -2.46. The van der Waals surface area contributed by atoms with Crippen LogP contribution in [-0.4, -0.2) is 51.9 Å². The predicted octanol–water partition coefficient (Wildman–Crippen LogP) is 1.72. The average Bonchev–Trinajstić information content (AvgIpc) is 2.88. The highest BCUT2D eigenvalue weighted by atomic mass is 35.5. The minimum absolute atomic E-state index is 0.0965. The van der Waals surface area contributed by atoms with Crippen molar-refractivity contribution in [3.63, 3.8) is 0 Å². The van der Waals surface area contributed by atoms with Gasteiger partial charge in [0.2, 0.25) is 0 Å². The van der Waals surface area contributed by atoms with Gasteiger partial charge in [-0.3, -0.25) is 19.3 Å². The lowest BCUT2D eigenvalue weighted by Gasteiger charge is -2.23. The molecule has 9 nitrogen and oxygen atoms in total. The van der Waals surface area contributed by atoms with E-state index in [9.17, 15) is 19.2 Å². The molecule has 27 heavy (non-hydrogen) atoms. The fraction of sp³-hybridized carbons (Fsp3) is 0.471. The van der Waals surface area contributed by atoms with Crippen LogP contribution in [0.1, 0.15) is 33.6 Å². The predicted molar refractivity (Wildman–Crippen MR) is 97.0 cm³/mol. The third-order valence-electron chi connectivity index (χ3n) is 4.43. The third-order valence-corrected chi connectivity index (χ3v) is 4.74. The summed E-state index contributed by atoms with van der Waals surface area (Å²) in [6, 6.07) is 2.48. The first-order valence-corrected chi connectivity index (χ1v) is 8.86. The molecule has 0 aromatic carbocycles. The van der Waals surface area contributed by atoms with Crippen LogP contribution in [0.4, 0.5) is 10.5 Å². The number of rotatable bonds is 7. The number of carbonyl (C=O) groups excluding carboxylic acids is 4. The topological polar surface area (TPSA) is 118 Å². The second-order valence-corrected chi connectivity index (χ2v) is 6.43. The number of ether oxygens (including phenoxy) is 1. The number of hydrogen-bond donors (Lipinski definition) is 2. The van der Waals surface area contributed by atoms with Crippen molar-refractivity contribution in [1.82, 2.24) is 15.2 Å². The molecule has 0 aliphatic carbocycles. The molecule has 1 aromatic heterocycles. The van der Waals surface area contributed by atoms with Crippen molar-refractivity contribution in [2.75, 3.05) is 11.9 Å². The van der Waals surface area contributed by atoms with Crippen LogP contribution in [-0.2, 0) is 19.1 Å². The second-order valence-electron chi connectivity index (χ2n) is 6.07. The molecule has 1 saturated heterocycles. The Bertz CT molecular complexity index is 765. The van der Waals surface area contributed by atoms with Crippen molar-refractivity contribution < 1.29 is 23.9 Å². The van der Waals surface area contributed by atoms with E-state index in [0.717, 1.165) is 4.90 Å². The first-order chi connectivity index (χ1) is 12.7. The molecule has 4 amide bonds. The number of urea groups is 1. The Morgan fingerprint density at radius 2 is 2.04 bits per heavy atom. The normalized spacial score (nSPS) is 16.7. The first kappa shape index (κ1) is 20.6. The van der Waals surface area contributed by atoms with Crippen molar-refractivity contribution in [2.24, 2.45) is 0 Å². The number of nitrogens with one attached hydrogen (secondary N) is 2. The van der Waals surface area contributed by atoms with E-state index in [2.05, 4.69) is 15.6 Å². The third kappa shape index (κ3) is 4.36. The summed E-state index contributed by atoms with van der Waals surface area (Å²) in [5.41, 5.74) is -0.728. The number of hydrogen-bond acceptors (Lipinski definition) is 6. The Morgan fingerprint density at radius 3 is 2.59 bits per heavy atom. The molecule has 0 radical (unpaired) electrons. The number of pyridine rings is 1. The summed E-state index contributed by atoms with van der Waals surface area (Å²) in [6.45, 7) is 4.35. The summed E-state index contributed by atoms with van der Waals surface area (Å²) < 4.78 is 5.03. The zero-order valence-electron chi connectivity index (χ0n) is 15.2. The fourth-order valence-electron chi connectivity index (χ4n) is 2.68. The van der Waals surface area contributed by atoms with Gasteiger partial charge in [0.05, 0.1) is 5.69 Å². The highest BCUT2D eigenvalue weighted by Gasteiger charge is 2.49. The highest BCUT2D eigenvalue weighted by molar-refractivity contribution is 6.32. The molecule has 0 saturated carbocycles. The summed E-state index contributed by atoms with van der Waals surface area (Å²) in [7, 11) is 0. The Morgan fingerprint density at radius 1 is 1.37 bits per heavy atom. The summed E-state index contributed by atoms with van der Waals surface area (Å²) >= 11 is 5.86. The van der Waals surface area contributed by atoms with Gasteiger partial charge in [0, 0.05) is 6.20 Å². The molecular weight excluding hydrogens is 376 g/mol. The monoisotopic (exact) mass is 396 g/mol. The molecule has 10 heteroatoms. The van der Waals surface area contributed by atoms with Gasteiger partial charge in [0.15, 0.2) is 11.3 Å². The van der Waals surface area contributed by atoms with Crippen LogP contribution in [0, 0.1) is 0 Å². The van der Waals surface area contributed by atoms with Crippen molar-refractivity contribution in [1.29, 1.82) is 0 Å². The van der Waals surface area contributed by atoms with E-state index in [4.69, 9.17) is 16.3 Å². The molecule has 0 spiro atoms. The molecule has 146 valence electrons. The van der Waals surface area contributed by atoms with Gasteiger partial charge >= 0.3 is 12.0 Å². The molecule has 1 aliphatic rings. The van der Waals surface area contributed by atoms with E-state index in [-0.39, 0.29) is 10.8 Å². The fourth-order valence-corrected chi connectivity index (χ4v) is 2.85. The lowest BCUT2D eigenvalue weighted by atomic mass is 9.93. The van der Waals surface area contributed by atoms with Gasteiger partial charge in [-0.25, -0.2) is 9.78 Å². The number of nitrogens with zero attached hydrogens (tertiary/aromatic N) is 2. The van der Waals surface area contributed by atoms with Gasteiger partial charge < -0.3 is 15.4 Å². The first-order valence-electron chi connectivity index (χ1n) is 8.49. The average molecular weight is 397 g/mol. The number of halogens is 1. The molecule has 1 fully saturated rings. The molecule has 1 atom stereocenters. The maximum Gasteiger partial charge on any atom is 0.327 e. The number of esters is 1. The van der Waals surface area contributed by atoms with Gasteiger partial charge in [-0.15, -0.1) is 0 Å². The zero-order chi connectivity index (χ0) is 20.2. The Balaban J connectivity index is 1.95. The summed E-state index contributed by atoms with van der Waals surface area (Å²) in [6.07, 6.45) is 1.12. The van der Waals surface area contributed by atoms with Gasteiger partial charge in [-0.05, 0) is 31.9 Å². The standard InChI is InChI=1S/C17H21ClN4O5/c1-4-17(5-2)15(25)22(16(26)21-17)9-12(23)27-10(3)14(24)20-11-7-6-8-19-13(11)18/h6-8,10H,4-5,9H2,1-3H3,(H,20,24)(H,21,26)/t10-/m1/s1. The largest absolute Gasteiger partial charge is 0.451 e. The number of carbonyl (C=O) groups is 4. The number of imide groups is 1. The van der Waals surface area contributed by atoms with E-state index < -0.39 is 42.0 Å². The van der Waals surface area contributed by atoms with Gasteiger partial charge in [0.25, 0.3) is 11.8 Å². The molecule has 2 heterocycles. The maximum absolute atomic E-state index is 12.5. The van der Waals surface area contributed by atoms with Gasteiger partial charge in [-0.2, -0.15) is 0 Å². The molecule has 0 unspecified atom stereocenters. The van der Waals surface area contributed by atoms with E-state index in [1.54, 1.807) is 26.0 Å². The summed E-state index contributed by atoms with van der Waals surface area (Å²) in [5, 5.41) is 5.20. The number of anilines is 1. The minimum Gasteiger partial charge on any atom is -0.451 e. The van der Waals surface area contributed by atoms with E-state index >= 15 is 0 Å². The van der Waals surface area contributed by atoms with Gasteiger partial charge in [-0.1, -0.05) is 25.4 Å². The summed E-state index contributed by atoms with van der Waals surface area (Å²) in [4.78, 5) is 53.4. The summed E-state index contributed by atoms with van der Waals surface area (Å²) in [5.74, 6) is -1.97. The Hall–Kier alpha value is -2.68. The van der Waals surface area contributed by atoms with Crippen LogP contribution in [0.5, 0.6) is 0 Å². The lowest BCUT2D eigenvalue weighted by molar-refractivity contribution is -0.155. The SMILES string of the molecule is CCC1(CC)NC(=O)N(CC(=O)O[C@H](C)C(=O)Nc2cccnc2Cl)C1=O. The van der Waals surface area contributed by atoms with Crippen LogP contribution in [0.2, 0.25) is 5.15 Å². The van der Waals surface area contributed by atoms with Crippen molar-refractivity contribution in [2.45, 2.75) is 45.3 Å². The van der Waals surface area contributed by atoms with Crippen LogP contribution in [0.3, 0.4) is 0 Å². The van der Waals surface area contributed by atoms with Crippen LogP contribution in [0.15, 0.2) is 18.3 Å². The van der Waals surface area contributed by atoms with Crippen molar-refractivity contribution in [3.05, 3.63) is 23.5 Å².